The summed E-state index contributed by atoms with van der Waals surface area (Å²) >= 11 is 5.81. The molecule has 21 heavy (non-hydrogen) atoms. The summed E-state index contributed by atoms with van der Waals surface area (Å²) in [4.78, 5) is 15.9. The summed E-state index contributed by atoms with van der Waals surface area (Å²) in [6.45, 7) is 1.77. The van der Waals surface area contributed by atoms with Crippen molar-refractivity contribution in [1.29, 1.82) is 0 Å². The first-order chi connectivity index (χ1) is 10.1. The normalized spacial score (nSPS) is 16.0. The predicted octanol–water partition coefficient (Wildman–Crippen LogP) is 2.89. The number of rotatable bonds is 3. The zero-order chi connectivity index (χ0) is 14.8. The van der Waals surface area contributed by atoms with E-state index in [2.05, 4.69) is 15.5 Å². The van der Waals surface area contributed by atoms with Crippen molar-refractivity contribution in [3.05, 3.63) is 58.6 Å². The molecule has 0 spiro atoms. The van der Waals surface area contributed by atoms with Gasteiger partial charge in [-0.15, -0.1) is 0 Å². The molecule has 0 saturated carbocycles. The van der Waals surface area contributed by atoms with Crippen LogP contribution in [-0.2, 0) is 9.53 Å². The summed E-state index contributed by atoms with van der Waals surface area (Å²) in [6.07, 6.45) is 1.42. The number of hydrogen-bond donors (Lipinski definition) is 1. The van der Waals surface area contributed by atoms with Crippen LogP contribution in [0.5, 0.6) is 0 Å². The maximum absolute atomic E-state index is 11.7. The summed E-state index contributed by atoms with van der Waals surface area (Å²) in [5.41, 5.74) is 0.828. The van der Waals surface area contributed by atoms with Crippen LogP contribution in [0.3, 0.4) is 0 Å². The third kappa shape index (κ3) is 2.95. The van der Waals surface area contributed by atoms with Crippen molar-refractivity contribution in [1.82, 2.24) is 5.16 Å². The van der Waals surface area contributed by atoms with E-state index in [0.29, 0.717) is 22.2 Å². The van der Waals surface area contributed by atoms with Gasteiger partial charge in [0, 0.05) is 22.9 Å². The number of nitrogens with zero attached hydrogens (tertiary/aromatic N) is 2. The maximum Gasteiger partial charge on any atom is 0.365 e. The van der Waals surface area contributed by atoms with Gasteiger partial charge in [0.2, 0.25) is 5.90 Å². The standard InChI is InChI=1S/C14H10ClN3O3/c1-8-6-12(18-21-8)16-7-11-14(19)20-13(17-11)9-2-4-10(15)5-3-9/h2-7H,1H3,(H,16,18)/b11-7-. The van der Waals surface area contributed by atoms with E-state index < -0.39 is 5.97 Å². The average molecular weight is 304 g/mol. The van der Waals surface area contributed by atoms with Gasteiger partial charge >= 0.3 is 5.97 Å². The molecule has 106 valence electrons. The van der Waals surface area contributed by atoms with Crippen molar-refractivity contribution in [2.45, 2.75) is 6.92 Å². The molecule has 1 aromatic carbocycles. The van der Waals surface area contributed by atoms with E-state index in [9.17, 15) is 4.79 Å². The van der Waals surface area contributed by atoms with Gasteiger partial charge < -0.3 is 14.6 Å². The molecule has 0 aliphatic carbocycles. The minimum Gasteiger partial charge on any atom is -0.402 e. The van der Waals surface area contributed by atoms with Crippen molar-refractivity contribution in [3.63, 3.8) is 0 Å². The molecule has 0 bridgehead atoms. The Bertz CT molecular complexity index is 747. The molecule has 2 heterocycles. The van der Waals surface area contributed by atoms with E-state index in [-0.39, 0.29) is 11.6 Å². The van der Waals surface area contributed by atoms with Crippen LogP contribution in [0.1, 0.15) is 11.3 Å². The summed E-state index contributed by atoms with van der Waals surface area (Å²) in [7, 11) is 0. The molecule has 1 aromatic heterocycles. The zero-order valence-electron chi connectivity index (χ0n) is 11.0. The SMILES string of the molecule is Cc1cc(N/C=C2\N=C(c3ccc(Cl)cc3)OC2=O)no1. The number of ether oxygens (including phenoxy) is 1. The Balaban J connectivity index is 1.80. The third-order valence-corrected chi connectivity index (χ3v) is 2.95. The molecule has 1 N–H and O–H groups in total. The molecule has 0 saturated heterocycles. The highest BCUT2D eigenvalue weighted by Gasteiger charge is 2.24. The third-order valence-electron chi connectivity index (χ3n) is 2.70. The number of esters is 1. The Kier molecular flexibility index (Phi) is 3.45. The summed E-state index contributed by atoms with van der Waals surface area (Å²) in [5.74, 6) is 0.854. The molecule has 0 unspecified atom stereocenters. The van der Waals surface area contributed by atoms with Crippen molar-refractivity contribution in [2.24, 2.45) is 4.99 Å². The van der Waals surface area contributed by atoms with E-state index in [4.69, 9.17) is 20.9 Å². The van der Waals surface area contributed by atoms with Gasteiger partial charge in [0.15, 0.2) is 11.5 Å². The Hall–Kier alpha value is -2.60. The van der Waals surface area contributed by atoms with E-state index in [1.165, 1.54) is 6.20 Å². The fourth-order valence-electron chi connectivity index (χ4n) is 1.70. The summed E-state index contributed by atoms with van der Waals surface area (Å²) < 4.78 is 10.0. The molecule has 1 aliphatic rings. The average Bonchev–Trinajstić information content (AvgIpc) is 3.04. The van der Waals surface area contributed by atoms with Crippen molar-refractivity contribution in [2.75, 3.05) is 5.32 Å². The number of aryl methyl sites for hydroxylation is 1. The zero-order valence-corrected chi connectivity index (χ0v) is 11.7. The van der Waals surface area contributed by atoms with E-state index in [1.54, 1.807) is 37.3 Å². The topological polar surface area (TPSA) is 76.7 Å². The van der Waals surface area contributed by atoms with Gasteiger partial charge in [0.25, 0.3) is 0 Å². The minimum absolute atomic E-state index is 0.153. The van der Waals surface area contributed by atoms with Gasteiger partial charge in [-0.1, -0.05) is 16.8 Å². The summed E-state index contributed by atoms with van der Waals surface area (Å²) in [5, 5.41) is 7.17. The van der Waals surface area contributed by atoms with Gasteiger partial charge in [-0.25, -0.2) is 9.79 Å². The molecular weight excluding hydrogens is 294 g/mol. The van der Waals surface area contributed by atoms with Crippen LogP contribution in [0.4, 0.5) is 5.82 Å². The van der Waals surface area contributed by atoms with E-state index >= 15 is 0 Å². The van der Waals surface area contributed by atoms with Gasteiger partial charge in [-0.05, 0) is 31.2 Å². The molecular formula is C14H10ClN3O3. The number of anilines is 1. The highest BCUT2D eigenvalue weighted by Crippen LogP contribution is 2.18. The highest BCUT2D eigenvalue weighted by atomic mass is 35.5. The van der Waals surface area contributed by atoms with Crippen LogP contribution < -0.4 is 5.32 Å². The fraction of sp³-hybridized carbons (Fsp3) is 0.0714. The monoisotopic (exact) mass is 303 g/mol. The molecule has 0 amide bonds. The Morgan fingerprint density at radius 2 is 2.05 bits per heavy atom. The number of aliphatic imine (C=N–C) groups is 1. The molecule has 7 heteroatoms. The lowest BCUT2D eigenvalue weighted by Crippen LogP contribution is -2.05. The van der Waals surface area contributed by atoms with E-state index in [0.717, 1.165) is 0 Å². The van der Waals surface area contributed by atoms with Crippen molar-refractivity contribution < 1.29 is 14.1 Å². The van der Waals surface area contributed by atoms with Crippen LogP contribution >= 0.6 is 11.6 Å². The van der Waals surface area contributed by atoms with Gasteiger partial charge in [0.1, 0.15) is 5.76 Å². The molecule has 6 nitrogen and oxygen atoms in total. The maximum atomic E-state index is 11.7. The first-order valence-electron chi connectivity index (χ1n) is 6.08. The number of halogens is 1. The molecule has 1 aliphatic heterocycles. The van der Waals surface area contributed by atoms with Gasteiger partial charge in [-0.3, -0.25) is 0 Å². The van der Waals surface area contributed by atoms with E-state index in [1.807, 2.05) is 0 Å². The molecule has 0 radical (unpaired) electrons. The second kappa shape index (κ2) is 5.41. The fourth-order valence-corrected chi connectivity index (χ4v) is 1.83. The largest absolute Gasteiger partial charge is 0.402 e. The lowest BCUT2D eigenvalue weighted by Gasteiger charge is -1.98. The number of nitrogens with one attached hydrogen (secondary N) is 1. The number of hydrogen-bond acceptors (Lipinski definition) is 6. The second-order valence-electron chi connectivity index (χ2n) is 4.31. The smallest absolute Gasteiger partial charge is 0.365 e. The number of carbonyl (C=O) groups excluding carboxylic acids is 1. The van der Waals surface area contributed by atoms with Gasteiger partial charge in [-0.2, -0.15) is 0 Å². The predicted molar refractivity (Wildman–Crippen MR) is 77.0 cm³/mol. The van der Waals surface area contributed by atoms with Crippen LogP contribution in [0, 0.1) is 6.92 Å². The van der Waals surface area contributed by atoms with Crippen LogP contribution in [0.25, 0.3) is 0 Å². The summed E-state index contributed by atoms with van der Waals surface area (Å²) in [6, 6.07) is 8.55. The minimum atomic E-state index is -0.535. The number of cyclic esters (lactones) is 1. The highest BCUT2D eigenvalue weighted by molar-refractivity contribution is 6.30. The Labute approximate surface area is 125 Å². The quantitative estimate of drug-likeness (QED) is 0.697. The van der Waals surface area contributed by atoms with Gasteiger partial charge in [0.05, 0.1) is 0 Å². The lowest BCUT2D eigenvalue weighted by atomic mass is 10.2. The van der Waals surface area contributed by atoms with Crippen LogP contribution in [0.2, 0.25) is 5.02 Å². The molecule has 3 rings (SSSR count). The number of aromatic nitrogens is 1. The first-order valence-corrected chi connectivity index (χ1v) is 6.46. The molecule has 2 aromatic rings. The Morgan fingerprint density at radius 1 is 1.29 bits per heavy atom. The number of benzene rings is 1. The second-order valence-corrected chi connectivity index (χ2v) is 4.75. The van der Waals surface area contributed by atoms with Crippen LogP contribution in [-0.4, -0.2) is 17.0 Å². The number of carbonyl (C=O) groups is 1. The van der Waals surface area contributed by atoms with Crippen molar-refractivity contribution >= 4 is 29.3 Å². The Morgan fingerprint density at radius 3 is 2.71 bits per heavy atom. The van der Waals surface area contributed by atoms with Crippen LogP contribution in [0.15, 0.2) is 51.7 Å². The first kappa shape index (κ1) is 13.4. The van der Waals surface area contributed by atoms with Crippen molar-refractivity contribution in [3.8, 4) is 0 Å². The molecule has 0 fully saturated rings. The lowest BCUT2D eigenvalue weighted by molar-refractivity contribution is -0.130. The molecule has 0 atom stereocenters.